The summed E-state index contributed by atoms with van der Waals surface area (Å²) in [5.41, 5.74) is 14.9. The molecule has 1 aliphatic rings. The van der Waals surface area contributed by atoms with Crippen LogP contribution < -0.4 is 4.90 Å². The number of fused-ring (bicyclic) bond motifs is 6. The molecule has 0 radical (unpaired) electrons. The van der Waals surface area contributed by atoms with Gasteiger partial charge in [0.05, 0.1) is 5.52 Å². The minimum atomic E-state index is 0.871. The van der Waals surface area contributed by atoms with Crippen molar-refractivity contribution in [3.05, 3.63) is 187 Å². The predicted molar refractivity (Wildman–Crippen MR) is 213 cm³/mol. The summed E-state index contributed by atoms with van der Waals surface area (Å²) in [7, 11) is 0. The molecule has 242 valence electrons. The zero-order chi connectivity index (χ0) is 33.7. The van der Waals surface area contributed by atoms with Crippen LogP contribution in [0.1, 0.15) is 17.7 Å². The fourth-order valence-corrected chi connectivity index (χ4v) is 7.82. The first-order chi connectivity index (χ1) is 25.3. The molecule has 2 aromatic heterocycles. The van der Waals surface area contributed by atoms with Crippen LogP contribution in [0.15, 0.2) is 180 Å². The van der Waals surface area contributed by atoms with Gasteiger partial charge in [-0.3, -0.25) is 0 Å². The minimum Gasteiger partial charge on any atom is -0.456 e. The first-order valence-electron chi connectivity index (χ1n) is 17.7. The number of benzene rings is 7. The van der Waals surface area contributed by atoms with E-state index in [4.69, 9.17) is 4.42 Å². The van der Waals surface area contributed by atoms with Crippen LogP contribution in [-0.4, -0.2) is 4.57 Å². The maximum Gasteiger partial charge on any atom is 0.137 e. The fourth-order valence-electron chi connectivity index (χ4n) is 7.82. The molecule has 0 amide bonds. The van der Waals surface area contributed by atoms with Crippen LogP contribution >= 0.6 is 0 Å². The summed E-state index contributed by atoms with van der Waals surface area (Å²) < 4.78 is 9.09. The molecule has 0 fully saturated rings. The van der Waals surface area contributed by atoms with Gasteiger partial charge in [0, 0.05) is 56.2 Å². The van der Waals surface area contributed by atoms with Crippen LogP contribution in [0.4, 0.5) is 17.1 Å². The number of aromatic nitrogens is 1. The number of anilines is 3. The molecule has 3 heteroatoms. The van der Waals surface area contributed by atoms with Crippen LogP contribution in [0.2, 0.25) is 0 Å². The Balaban J connectivity index is 1.04. The molecule has 0 aliphatic heterocycles. The molecular formula is C48H34N2O. The third-order valence-electron chi connectivity index (χ3n) is 10.3. The van der Waals surface area contributed by atoms with Crippen molar-refractivity contribution in [2.45, 2.75) is 12.8 Å². The molecule has 0 unspecified atom stereocenters. The molecule has 0 saturated heterocycles. The molecule has 0 bridgehead atoms. The summed E-state index contributed by atoms with van der Waals surface area (Å²) in [5.74, 6) is 0. The highest BCUT2D eigenvalue weighted by atomic mass is 16.3. The molecule has 7 aromatic carbocycles. The number of hydrogen-bond acceptors (Lipinski definition) is 2. The zero-order valence-corrected chi connectivity index (χ0v) is 28.0. The van der Waals surface area contributed by atoms with E-state index in [2.05, 4.69) is 191 Å². The van der Waals surface area contributed by atoms with Crippen LogP contribution in [0.5, 0.6) is 0 Å². The smallest absolute Gasteiger partial charge is 0.137 e. The van der Waals surface area contributed by atoms with Gasteiger partial charge in [-0.2, -0.15) is 0 Å². The van der Waals surface area contributed by atoms with Gasteiger partial charge in [-0.25, -0.2) is 0 Å². The van der Waals surface area contributed by atoms with E-state index in [0.29, 0.717) is 0 Å². The molecule has 2 heterocycles. The SMILES string of the molecule is C1=Cc2c(n(-c3ccccc3)c3ccc(-c4ccc5c(c4)oc4cc(N(c6ccccc6)c6ccc(-c7ccccc7)cc6)ccc45)cc23)CC1. The quantitative estimate of drug-likeness (QED) is 0.178. The molecule has 10 rings (SSSR count). The molecule has 0 spiro atoms. The second-order valence-electron chi connectivity index (χ2n) is 13.3. The summed E-state index contributed by atoms with van der Waals surface area (Å²) in [6.45, 7) is 0. The Bertz CT molecular complexity index is 2720. The van der Waals surface area contributed by atoms with Crippen molar-refractivity contribution in [3.63, 3.8) is 0 Å². The molecule has 0 saturated carbocycles. The van der Waals surface area contributed by atoms with Crippen molar-refractivity contribution < 1.29 is 4.42 Å². The number of allylic oxidation sites excluding steroid dienone is 1. The lowest BCUT2D eigenvalue weighted by Gasteiger charge is -2.25. The summed E-state index contributed by atoms with van der Waals surface area (Å²) >= 11 is 0. The van der Waals surface area contributed by atoms with Crippen molar-refractivity contribution in [2.24, 2.45) is 0 Å². The number of nitrogens with zero attached hydrogens (tertiary/aromatic N) is 2. The lowest BCUT2D eigenvalue weighted by molar-refractivity contribution is 0.669. The summed E-state index contributed by atoms with van der Waals surface area (Å²) in [4.78, 5) is 2.29. The van der Waals surface area contributed by atoms with E-state index in [1.54, 1.807) is 0 Å². The van der Waals surface area contributed by atoms with Gasteiger partial charge in [0.1, 0.15) is 11.2 Å². The van der Waals surface area contributed by atoms with Crippen LogP contribution in [0.3, 0.4) is 0 Å². The lowest BCUT2D eigenvalue weighted by atomic mass is 9.98. The predicted octanol–water partition coefficient (Wildman–Crippen LogP) is 13.3. The van der Waals surface area contributed by atoms with Gasteiger partial charge in [-0.05, 0) is 108 Å². The minimum absolute atomic E-state index is 0.871. The van der Waals surface area contributed by atoms with E-state index < -0.39 is 0 Å². The second-order valence-corrected chi connectivity index (χ2v) is 13.3. The van der Waals surface area contributed by atoms with Gasteiger partial charge in [-0.1, -0.05) is 103 Å². The van der Waals surface area contributed by atoms with E-state index in [0.717, 1.165) is 57.4 Å². The molecule has 51 heavy (non-hydrogen) atoms. The Morgan fingerprint density at radius 1 is 0.471 bits per heavy atom. The van der Waals surface area contributed by atoms with Crippen molar-refractivity contribution in [2.75, 3.05) is 4.90 Å². The molecule has 3 nitrogen and oxygen atoms in total. The van der Waals surface area contributed by atoms with E-state index in [1.165, 1.54) is 44.5 Å². The number of rotatable bonds is 6. The van der Waals surface area contributed by atoms with Crippen molar-refractivity contribution >= 4 is 56.0 Å². The molecule has 0 N–H and O–H groups in total. The van der Waals surface area contributed by atoms with Crippen LogP contribution in [0, 0.1) is 0 Å². The highest BCUT2D eigenvalue weighted by Crippen LogP contribution is 2.41. The first-order valence-corrected chi connectivity index (χ1v) is 17.7. The third kappa shape index (κ3) is 5.05. The van der Waals surface area contributed by atoms with E-state index >= 15 is 0 Å². The lowest BCUT2D eigenvalue weighted by Crippen LogP contribution is -2.09. The van der Waals surface area contributed by atoms with Crippen molar-refractivity contribution in [1.82, 2.24) is 4.57 Å². The van der Waals surface area contributed by atoms with Crippen LogP contribution in [-0.2, 0) is 6.42 Å². The first kappa shape index (κ1) is 29.3. The third-order valence-corrected chi connectivity index (χ3v) is 10.3. The number of furan rings is 1. The average molecular weight is 655 g/mol. The maximum atomic E-state index is 6.65. The van der Waals surface area contributed by atoms with E-state index in [9.17, 15) is 0 Å². The summed E-state index contributed by atoms with van der Waals surface area (Å²) in [6.07, 6.45) is 6.72. The average Bonchev–Trinajstić information content (AvgIpc) is 3.74. The summed E-state index contributed by atoms with van der Waals surface area (Å²) in [5, 5.41) is 3.52. The Kier molecular flexibility index (Phi) is 6.95. The zero-order valence-electron chi connectivity index (χ0n) is 28.0. The summed E-state index contributed by atoms with van der Waals surface area (Å²) in [6, 6.07) is 60.6. The normalized spacial score (nSPS) is 12.5. The van der Waals surface area contributed by atoms with Gasteiger partial charge in [0.2, 0.25) is 0 Å². The number of hydrogen-bond donors (Lipinski definition) is 0. The Morgan fingerprint density at radius 2 is 1.06 bits per heavy atom. The monoisotopic (exact) mass is 654 g/mol. The fraction of sp³-hybridized carbons (Fsp3) is 0.0417. The molecule has 9 aromatic rings. The second kappa shape index (κ2) is 12.1. The van der Waals surface area contributed by atoms with Crippen molar-refractivity contribution in [1.29, 1.82) is 0 Å². The highest BCUT2D eigenvalue weighted by Gasteiger charge is 2.20. The van der Waals surface area contributed by atoms with Gasteiger partial charge in [0.25, 0.3) is 0 Å². The molecule has 0 atom stereocenters. The molecule has 1 aliphatic carbocycles. The van der Waals surface area contributed by atoms with Crippen molar-refractivity contribution in [3.8, 4) is 27.9 Å². The Morgan fingerprint density at radius 3 is 1.84 bits per heavy atom. The Labute approximate surface area is 296 Å². The van der Waals surface area contributed by atoms with Gasteiger partial charge in [-0.15, -0.1) is 0 Å². The van der Waals surface area contributed by atoms with Gasteiger partial charge < -0.3 is 13.9 Å². The Hall–Kier alpha value is -6.58. The van der Waals surface area contributed by atoms with Gasteiger partial charge in [0.15, 0.2) is 0 Å². The highest BCUT2D eigenvalue weighted by molar-refractivity contribution is 6.07. The maximum absolute atomic E-state index is 6.65. The van der Waals surface area contributed by atoms with Gasteiger partial charge >= 0.3 is 0 Å². The van der Waals surface area contributed by atoms with E-state index in [-0.39, 0.29) is 0 Å². The van der Waals surface area contributed by atoms with Crippen LogP contribution in [0.25, 0.3) is 66.9 Å². The largest absolute Gasteiger partial charge is 0.456 e. The number of para-hydroxylation sites is 2. The van der Waals surface area contributed by atoms with E-state index in [1.807, 2.05) is 0 Å². The standard InChI is InChI=1S/C48H34N2O/c1-4-12-33(13-5-1)34-20-24-39(25-21-34)49(37-14-6-2-7-15-37)40-26-28-43-42-27-22-36(31-47(42)51-48(43)32-40)35-23-29-46-44(30-35)41-18-10-11-19-45(41)50(46)38-16-8-3-9-17-38/h1-10,12-18,20-32H,11,19H2. The molecular weight excluding hydrogens is 621 g/mol. The topological polar surface area (TPSA) is 21.3 Å².